The maximum Gasteiger partial charge on any atom is 0.248 e. The lowest BCUT2D eigenvalue weighted by atomic mass is 10.2. The molecule has 1 aromatic carbocycles. The van der Waals surface area contributed by atoms with Gasteiger partial charge in [0.2, 0.25) is 11.8 Å². The van der Waals surface area contributed by atoms with Gasteiger partial charge in [-0.05, 0) is 49.9 Å². The Morgan fingerprint density at radius 3 is 2.80 bits per heavy atom. The summed E-state index contributed by atoms with van der Waals surface area (Å²) in [5, 5.41) is 2.88. The van der Waals surface area contributed by atoms with E-state index < -0.39 is 6.10 Å². The van der Waals surface area contributed by atoms with Crippen molar-refractivity contribution in [2.45, 2.75) is 32.3 Å². The molecular weight excluding hydrogens is 320 g/mol. The summed E-state index contributed by atoms with van der Waals surface area (Å²) in [6.07, 6.45) is 4.26. The number of amides is 1. The third-order valence-electron chi connectivity index (χ3n) is 4.22. The van der Waals surface area contributed by atoms with Crippen molar-refractivity contribution in [1.29, 1.82) is 0 Å². The van der Waals surface area contributed by atoms with E-state index in [1.165, 1.54) is 12.8 Å². The zero-order valence-corrected chi connectivity index (χ0v) is 14.7. The summed E-state index contributed by atoms with van der Waals surface area (Å²) >= 11 is 0. The zero-order valence-electron chi connectivity index (χ0n) is 14.7. The summed E-state index contributed by atoms with van der Waals surface area (Å²) in [6, 6.07) is 7.52. The van der Waals surface area contributed by atoms with Gasteiger partial charge >= 0.3 is 0 Å². The highest BCUT2D eigenvalue weighted by atomic mass is 16.5. The van der Waals surface area contributed by atoms with E-state index >= 15 is 0 Å². The van der Waals surface area contributed by atoms with Gasteiger partial charge in [-0.2, -0.15) is 0 Å². The quantitative estimate of drug-likeness (QED) is 0.757. The fraction of sp³-hybridized carbons (Fsp3) is 0.474. The molecule has 1 saturated carbocycles. The van der Waals surface area contributed by atoms with Crippen LogP contribution in [0.5, 0.6) is 5.75 Å². The second kappa shape index (κ2) is 8.16. The van der Waals surface area contributed by atoms with E-state index in [0.717, 1.165) is 17.0 Å². The molecule has 0 spiro atoms. The van der Waals surface area contributed by atoms with E-state index in [0.29, 0.717) is 31.4 Å². The Labute approximate surface area is 147 Å². The van der Waals surface area contributed by atoms with Gasteiger partial charge < -0.3 is 19.2 Å². The number of benzene rings is 1. The summed E-state index contributed by atoms with van der Waals surface area (Å²) in [4.78, 5) is 16.4. The van der Waals surface area contributed by atoms with Crippen molar-refractivity contribution in [3.8, 4) is 17.2 Å². The standard InChI is InChI=1S/C19H24N2O4/c1-13(24-11-14-3-4-14)18(22)20-10-9-16-12-25-19(21-16)15-5-7-17(23-2)8-6-15/h5-8,12-14H,3-4,9-11H2,1-2H3,(H,20,22). The van der Waals surface area contributed by atoms with Crippen LogP contribution in [-0.4, -0.2) is 37.3 Å². The second-order valence-electron chi connectivity index (χ2n) is 6.33. The molecule has 0 saturated heterocycles. The summed E-state index contributed by atoms with van der Waals surface area (Å²) in [6.45, 7) is 2.98. The predicted octanol–water partition coefficient (Wildman–Crippen LogP) is 2.82. The molecule has 1 fully saturated rings. The Morgan fingerprint density at radius 2 is 2.12 bits per heavy atom. The van der Waals surface area contributed by atoms with E-state index in [1.807, 2.05) is 24.3 Å². The second-order valence-corrected chi connectivity index (χ2v) is 6.33. The molecular formula is C19H24N2O4. The average Bonchev–Trinajstić information content (AvgIpc) is 3.36. The highest BCUT2D eigenvalue weighted by Crippen LogP contribution is 2.29. The number of nitrogens with one attached hydrogen (secondary N) is 1. The number of oxazole rings is 1. The van der Waals surface area contributed by atoms with Crippen LogP contribution in [0, 0.1) is 5.92 Å². The first kappa shape index (κ1) is 17.5. The molecule has 1 heterocycles. The molecule has 1 aliphatic carbocycles. The number of rotatable bonds is 9. The van der Waals surface area contributed by atoms with Gasteiger partial charge in [-0.15, -0.1) is 0 Å². The van der Waals surface area contributed by atoms with Crippen LogP contribution in [0.4, 0.5) is 0 Å². The maximum atomic E-state index is 12.0. The molecule has 0 aliphatic heterocycles. The molecule has 0 radical (unpaired) electrons. The van der Waals surface area contributed by atoms with Gasteiger partial charge in [0.15, 0.2) is 0 Å². The van der Waals surface area contributed by atoms with E-state index in [1.54, 1.807) is 20.3 Å². The third kappa shape index (κ3) is 5.06. The van der Waals surface area contributed by atoms with Gasteiger partial charge in [-0.3, -0.25) is 4.79 Å². The highest BCUT2D eigenvalue weighted by Gasteiger charge is 2.23. The van der Waals surface area contributed by atoms with Crippen LogP contribution in [0.15, 0.2) is 34.9 Å². The summed E-state index contributed by atoms with van der Waals surface area (Å²) in [7, 11) is 1.63. The van der Waals surface area contributed by atoms with Gasteiger partial charge in [0.25, 0.3) is 0 Å². The fourth-order valence-corrected chi connectivity index (χ4v) is 2.39. The molecule has 25 heavy (non-hydrogen) atoms. The molecule has 2 aromatic rings. The van der Waals surface area contributed by atoms with Crippen LogP contribution >= 0.6 is 0 Å². The smallest absolute Gasteiger partial charge is 0.248 e. The molecule has 1 atom stereocenters. The lowest BCUT2D eigenvalue weighted by molar-refractivity contribution is -0.131. The van der Waals surface area contributed by atoms with Crippen molar-refractivity contribution in [2.24, 2.45) is 5.92 Å². The minimum absolute atomic E-state index is 0.0838. The number of nitrogens with zero attached hydrogens (tertiary/aromatic N) is 1. The van der Waals surface area contributed by atoms with Crippen molar-refractivity contribution in [3.05, 3.63) is 36.2 Å². The van der Waals surface area contributed by atoms with E-state index in [4.69, 9.17) is 13.9 Å². The first-order chi connectivity index (χ1) is 12.2. The van der Waals surface area contributed by atoms with E-state index in [-0.39, 0.29) is 5.91 Å². The molecule has 1 N–H and O–H groups in total. The fourth-order valence-electron chi connectivity index (χ4n) is 2.39. The molecule has 134 valence electrons. The number of hydrogen-bond donors (Lipinski definition) is 1. The monoisotopic (exact) mass is 344 g/mol. The maximum absolute atomic E-state index is 12.0. The van der Waals surface area contributed by atoms with Crippen molar-refractivity contribution in [1.82, 2.24) is 10.3 Å². The van der Waals surface area contributed by atoms with Crippen molar-refractivity contribution in [2.75, 3.05) is 20.3 Å². The van der Waals surface area contributed by atoms with Crippen LogP contribution in [0.2, 0.25) is 0 Å². The largest absolute Gasteiger partial charge is 0.497 e. The first-order valence-electron chi connectivity index (χ1n) is 8.64. The zero-order chi connectivity index (χ0) is 17.6. The van der Waals surface area contributed by atoms with Crippen LogP contribution in [0.25, 0.3) is 11.5 Å². The first-order valence-corrected chi connectivity index (χ1v) is 8.64. The Balaban J connectivity index is 1.43. The number of carbonyl (C=O) groups is 1. The SMILES string of the molecule is COc1ccc(-c2nc(CCNC(=O)C(C)OCC3CC3)co2)cc1. The summed E-state index contributed by atoms with van der Waals surface area (Å²) in [5.74, 6) is 1.92. The molecule has 0 bridgehead atoms. The van der Waals surface area contributed by atoms with Crippen molar-refractivity contribution < 1.29 is 18.7 Å². The highest BCUT2D eigenvalue weighted by molar-refractivity contribution is 5.80. The topological polar surface area (TPSA) is 73.6 Å². The predicted molar refractivity (Wildman–Crippen MR) is 93.3 cm³/mol. The number of hydrogen-bond acceptors (Lipinski definition) is 5. The molecule has 1 aliphatic rings. The number of ether oxygens (including phenoxy) is 2. The van der Waals surface area contributed by atoms with Crippen LogP contribution in [-0.2, 0) is 16.0 Å². The van der Waals surface area contributed by atoms with Crippen LogP contribution in [0.3, 0.4) is 0 Å². The van der Waals surface area contributed by atoms with Gasteiger partial charge in [-0.1, -0.05) is 0 Å². The van der Waals surface area contributed by atoms with Gasteiger partial charge in [0, 0.05) is 18.5 Å². The summed E-state index contributed by atoms with van der Waals surface area (Å²) in [5.41, 5.74) is 1.69. The van der Waals surface area contributed by atoms with Crippen LogP contribution < -0.4 is 10.1 Å². The Bertz CT molecular complexity index is 692. The van der Waals surface area contributed by atoms with E-state index in [9.17, 15) is 4.79 Å². The van der Waals surface area contributed by atoms with Gasteiger partial charge in [0.1, 0.15) is 18.1 Å². The lowest BCUT2D eigenvalue weighted by Crippen LogP contribution is -2.36. The number of aromatic nitrogens is 1. The van der Waals surface area contributed by atoms with Crippen molar-refractivity contribution >= 4 is 5.91 Å². The van der Waals surface area contributed by atoms with Crippen molar-refractivity contribution in [3.63, 3.8) is 0 Å². The molecule has 1 aromatic heterocycles. The molecule has 6 nitrogen and oxygen atoms in total. The third-order valence-corrected chi connectivity index (χ3v) is 4.22. The lowest BCUT2D eigenvalue weighted by Gasteiger charge is -2.12. The Morgan fingerprint density at radius 1 is 1.36 bits per heavy atom. The summed E-state index contributed by atoms with van der Waals surface area (Å²) < 4.78 is 16.2. The van der Waals surface area contributed by atoms with Crippen LogP contribution in [0.1, 0.15) is 25.5 Å². The Kier molecular flexibility index (Phi) is 5.71. The molecule has 1 unspecified atom stereocenters. The normalized spacial score (nSPS) is 15.0. The minimum Gasteiger partial charge on any atom is -0.497 e. The van der Waals surface area contributed by atoms with Gasteiger partial charge in [-0.25, -0.2) is 4.98 Å². The number of carbonyl (C=O) groups excluding carboxylic acids is 1. The Hall–Kier alpha value is -2.34. The van der Waals surface area contributed by atoms with Gasteiger partial charge in [0.05, 0.1) is 19.4 Å². The average molecular weight is 344 g/mol. The molecule has 6 heteroatoms. The minimum atomic E-state index is -0.409. The van der Waals surface area contributed by atoms with E-state index in [2.05, 4.69) is 10.3 Å². The number of methoxy groups -OCH3 is 1. The molecule has 1 amide bonds. The molecule has 3 rings (SSSR count).